The van der Waals surface area contributed by atoms with Crippen LogP contribution in [0.25, 0.3) is 0 Å². The molecule has 2 heterocycles. The van der Waals surface area contributed by atoms with Crippen molar-refractivity contribution in [3.05, 3.63) is 41.7 Å². The van der Waals surface area contributed by atoms with Crippen molar-refractivity contribution in [2.45, 2.75) is 37.7 Å². The molecule has 0 bridgehead atoms. The molecule has 0 spiro atoms. The highest BCUT2D eigenvalue weighted by Gasteiger charge is 2.32. The molecule has 1 atom stereocenters. The standard InChI is InChI=1S/C18H23N3O4S/c1-13-6-7-14(2)16(9-13)26(22,23)21-8-4-5-15(12-21)25-18-11-19-10-17(20-18)24-3/h6-7,9-11,15H,4-5,8,12H2,1-3H3. The van der Waals surface area contributed by atoms with Gasteiger partial charge in [0.2, 0.25) is 21.8 Å². The molecule has 1 saturated heterocycles. The first-order valence-electron chi connectivity index (χ1n) is 8.50. The molecule has 2 aromatic rings. The number of sulfonamides is 1. The monoisotopic (exact) mass is 377 g/mol. The van der Waals surface area contributed by atoms with Crippen LogP contribution in [0, 0.1) is 13.8 Å². The minimum Gasteiger partial charge on any atom is -0.480 e. The Morgan fingerprint density at radius 1 is 1.19 bits per heavy atom. The maximum Gasteiger partial charge on any atom is 0.243 e. The lowest BCUT2D eigenvalue weighted by Gasteiger charge is -2.32. The van der Waals surface area contributed by atoms with E-state index in [1.54, 1.807) is 6.07 Å². The summed E-state index contributed by atoms with van der Waals surface area (Å²) in [5, 5.41) is 0. The summed E-state index contributed by atoms with van der Waals surface area (Å²) in [5.74, 6) is 0.693. The molecule has 3 rings (SSSR count). The Morgan fingerprint density at radius 2 is 1.96 bits per heavy atom. The van der Waals surface area contributed by atoms with Crippen molar-refractivity contribution in [3.8, 4) is 11.8 Å². The van der Waals surface area contributed by atoms with E-state index in [0.29, 0.717) is 23.2 Å². The number of nitrogens with zero attached hydrogens (tertiary/aromatic N) is 3. The molecule has 0 N–H and O–H groups in total. The Hall–Kier alpha value is -2.19. The SMILES string of the molecule is COc1cncc(OC2CCCN(S(=O)(=O)c3cc(C)ccc3C)C2)n1. The molecule has 7 nitrogen and oxygen atoms in total. The fourth-order valence-corrected chi connectivity index (χ4v) is 4.82. The molecule has 1 aromatic carbocycles. The maximum absolute atomic E-state index is 13.1. The van der Waals surface area contributed by atoms with Gasteiger partial charge in [0.25, 0.3) is 0 Å². The topological polar surface area (TPSA) is 81.6 Å². The summed E-state index contributed by atoms with van der Waals surface area (Å²) in [6, 6.07) is 5.48. The van der Waals surface area contributed by atoms with E-state index in [2.05, 4.69) is 9.97 Å². The highest BCUT2D eigenvalue weighted by Crippen LogP contribution is 2.26. The number of aromatic nitrogens is 2. The molecule has 0 amide bonds. The minimum absolute atomic E-state index is 0.273. The predicted octanol–water partition coefficient (Wildman–Crippen LogP) is 2.33. The molecule has 1 unspecified atom stereocenters. The van der Waals surface area contributed by atoms with E-state index in [4.69, 9.17) is 9.47 Å². The largest absolute Gasteiger partial charge is 0.480 e. The first kappa shape index (κ1) is 18.6. The molecule has 0 radical (unpaired) electrons. The van der Waals surface area contributed by atoms with Crippen LogP contribution in [-0.2, 0) is 10.0 Å². The Morgan fingerprint density at radius 3 is 2.73 bits per heavy atom. The van der Waals surface area contributed by atoms with Gasteiger partial charge in [-0.2, -0.15) is 9.29 Å². The van der Waals surface area contributed by atoms with Crippen molar-refractivity contribution < 1.29 is 17.9 Å². The smallest absolute Gasteiger partial charge is 0.243 e. The third kappa shape index (κ3) is 3.96. The Labute approximate surface area is 154 Å². The molecule has 0 aliphatic carbocycles. The predicted molar refractivity (Wildman–Crippen MR) is 96.9 cm³/mol. The number of hydrogen-bond donors (Lipinski definition) is 0. The van der Waals surface area contributed by atoms with Gasteiger partial charge in [-0.15, -0.1) is 0 Å². The molecule has 1 fully saturated rings. The summed E-state index contributed by atoms with van der Waals surface area (Å²) in [6.45, 7) is 4.48. The lowest BCUT2D eigenvalue weighted by atomic mass is 10.1. The van der Waals surface area contributed by atoms with E-state index in [0.717, 1.165) is 24.0 Å². The molecule has 1 aliphatic rings. The van der Waals surface area contributed by atoms with Crippen molar-refractivity contribution in [3.63, 3.8) is 0 Å². The second-order valence-electron chi connectivity index (χ2n) is 6.41. The van der Waals surface area contributed by atoms with Gasteiger partial charge in [-0.1, -0.05) is 12.1 Å². The van der Waals surface area contributed by atoms with E-state index in [-0.39, 0.29) is 12.6 Å². The Balaban J connectivity index is 1.78. The van der Waals surface area contributed by atoms with Crippen LogP contribution in [0.15, 0.2) is 35.5 Å². The summed E-state index contributed by atoms with van der Waals surface area (Å²) >= 11 is 0. The van der Waals surface area contributed by atoms with Gasteiger partial charge in [-0.25, -0.2) is 8.42 Å². The van der Waals surface area contributed by atoms with Gasteiger partial charge in [-0.05, 0) is 43.9 Å². The third-order valence-electron chi connectivity index (χ3n) is 4.39. The van der Waals surface area contributed by atoms with Gasteiger partial charge in [0.15, 0.2) is 0 Å². The first-order valence-corrected chi connectivity index (χ1v) is 9.94. The van der Waals surface area contributed by atoms with Gasteiger partial charge in [0, 0.05) is 6.54 Å². The number of benzene rings is 1. The third-order valence-corrected chi connectivity index (χ3v) is 6.40. The van der Waals surface area contributed by atoms with Crippen LogP contribution in [0.1, 0.15) is 24.0 Å². The van der Waals surface area contributed by atoms with Gasteiger partial charge in [-0.3, -0.25) is 4.98 Å². The summed E-state index contributed by atoms with van der Waals surface area (Å²) in [4.78, 5) is 8.56. The van der Waals surface area contributed by atoms with Crippen LogP contribution in [0.5, 0.6) is 11.8 Å². The van der Waals surface area contributed by atoms with Crippen LogP contribution >= 0.6 is 0 Å². The van der Waals surface area contributed by atoms with E-state index in [9.17, 15) is 8.42 Å². The van der Waals surface area contributed by atoms with Crippen LogP contribution in [-0.4, -0.2) is 49.0 Å². The summed E-state index contributed by atoms with van der Waals surface area (Å²) in [6.07, 6.45) is 4.21. The van der Waals surface area contributed by atoms with Crippen molar-refractivity contribution in [2.75, 3.05) is 20.2 Å². The zero-order valence-electron chi connectivity index (χ0n) is 15.2. The Kier molecular flexibility index (Phi) is 5.43. The molecule has 8 heteroatoms. The van der Waals surface area contributed by atoms with Crippen LogP contribution in [0.4, 0.5) is 0 Å². The minimum atomic E-state index is -3.56. The zero-order chi connectivity index (χ0) is 18.7. The number of methoxy groups -OCH3 is 1. The average molecular weight is 377 g/mol. The first-order chi connectivity index (χ1) is 12.4. The van der Waals surface area contributed by atoms with E-state index < -0.39 is 10.0 Å². The summed E-state index contributed by atoms with van der Waals surface area (Å²) < 4.78 is 38.6. The van der Waals surface area contributed by atoms with Crippen molar-refractivity contribution in [1.82, 2.24) is 14.3 Å². The van der Waals surface area contributed by atoms with E-state index in [1.165, 1.54) is 23.8 Å². The number of piperidine rings is 1. The van der Waals surface area contributed by atoms with E-state index >= 15 is 0 Å². The highest BCUT2D eigenvalue weighted by atomic mass is 32.2. The van der Waals surface area contributed by atoms with Crippen LogP contribution in [0.3, 0.4) is 0 Å². The van der Waals surface area contributed by atoms with Gasteiger partial charge < -0.3 is 9.47 Å². The highest BCUT2D eigenvalue weighted by molar-refractivity contribution is 7.89. The van der Waals surface area contributed by atoms with Crippen molar-refractivity contribution in [1.29, 1.82) is 0 Å². The molecular weight excluding hydrogens is 354 g/mol. The zero-order valence-corrected chi connectivity index (χ0v) is 16.0. The lowest BCUT2D eigenvalue weighted by molar-refractivity contribution is 0.123. The van der Waals surface area contributed by atoms with Crippen molar-refractivity contribution >= 4 is 10.0 Å². The number of hydrogen-bond acceptors (Lipinski definition) is 6. The molecule has 140 valence electrons. The van der Waals surface area contributed by atoms with Crippen LogP contribution < -0.4 is 9.47 Å². The second kappa shape index (κ2) is 7.59. The summed E-state index contributed by atoms with van der Waals surface area (Å²) in [7, 11) is -2.05. The Bertz CT molecular complexity index is 886. The number of ether oxygens (including phenoxy) is 2. The average Bonchev–Trinajstić information content (AvgIpc) is 2.64. The van der Waals surface area contributed by atoms with Gasteiger partial charge in [0.05, 0.1) is 30.9 Å². The molecule has 1 aliphatic heterocycles. The maximum atomic E-state index is 13.1. The number of aryl methyl sites for hydroxylation is 2. The lowest BCUT2D eigenvalue weighted by Crippen LogP contribution is -2.44. The van der Waals surface area contributed by atoms with Gasteiger partial charge >= 0.3 is 0 Å². The number of rotatable bonds is 5. The van der Waals surface area contributed by atoms with Crippen molar-refractivity contribution in [2.24, 2.45) is 0 Å². The fourth-order valence-electron chi connectivity index (χ4n) is 3.00. The quantitative estimate of drug-likeness (QED) is 0.795. The van der Waals surface area contributed by atoms with E-state index in [1.807, 2.05) is 26.0 Å². The second-order valence-corrected chi connectivity index (χ2v) is 8.32. The summed E-state index contributed by atoms with van der Waals surface area (Å²) in [5.41, 5.74) is 1.67. The normalized spacial score (nSPS) is 18.5. The molecule has 0 saturated carbocycles. The van der Waals surface area contributed by atoms with Crippen LogP contribution in [0.2, 0.25) is 0 Å². The van der Waals surface area contributed by atoms with Gasteiger partial charge in [0.1, 0.15) is 6.10 Å². The molecular formula is C18H23N3O4S. The molecule has 26 heavy (non-hydrogen) atoms. The molecule has 1 aromatic heterocycles. The fraction of sp³-hybridized carbons (Fsp3) is 0.444.